The average Bonchev–Trinajstić information content (AvgIpc) is 2.74. The van der Waals surface area contributed by atoms with E-state index in [2.05, 4.69) is 36.6 Å². The van der Waals surface area contributed by atoms with E-state index in [1.165, 1.54) is 11.1 Å². The molecule has 2 bridgehead atoms. The summed E-state index contributed by atoms with van der Waals surface area (Å²) in [6.07, 6.45) is 2.14. The van der Waals surface area contributed by atoms with Gasteiger partial charge >= 0.3 is 0 Å². The van der Waals surface area contributed by atoms with Crippen LogP contribution in [0.15, 0.2) is 36.4 Å². The Hall–Kier alpha value is -2.24. The number of piperidine rings is 1. The molecule has 2 aliphatic rings. The predicted octanol–water partition coefficient (Wildman–Crippen LogP) is 3.87. The van der Waals surface area contributed by atoms with Gasteiger partial charge in [0.2, 0.25) is 0 Å². The zero-order chi connectivity index (χ0) is 20.6. The molecule has 0 saturated carbocycles. The van der Waals surface area contributed by atoms with Gasteiger partial charge in [-0.1, -0.05) is 19.9 Å². The van der Waals surface area contributed by atoms with Gasteiger partial charge in [0.15, 0.2) is 0 Å². The van der Waals surface area contributed by atoms with Gasteiger partial charge in [-0.2, -0.15) is 0 Å². The number of fused-ring (bicyclic) bond motifs is 4. The van der Waals surface area contributed by atoms with Crippen molar-refractivity contribution in [3.05, 3.63) is 58.7 Å². The minimum Gasteiger partial charge on any atom is -0.497 e. The Morgan fingerprint density at radius 3 is 2.73 bits per heavy atom. The Balaban J connectivity index is 0.00000256. The van der Waals surface area contributed by atoms with Crippen LogP contribution in [0.2, 0.25) is 0 Å². The minimum absolute atomic E-state index is 0. The highest BCUT2D eigenvalue weighted by atomic mass is 35.5. The van der Waals surface area contributed by atoms with Crippen molar-refractivity contribution in [1.82, 2.24) is 10.6 Å². The Bertz CT molecular complexity index is 933. The smallest absolute Gasteiger partial charge is 0.251 e. The number of rotatable bonds is 5. The van der Waals surface area contributed by atoms with E-state index < -0.39 is 0 Å². The molecule has 1 aliphatic carbocycles. The molecule has 5 nitrogen and oxygen atoms in total. The third-order valence-corrected chi connectivity index (χ3v) is 7.02. The summed E-state index contributed by atoms with van der Waals surface area (Å²) in [5.74, 6) is 1.94. The van der Waals surface area contributed by atoms with Gasteiger partial charge in [-0.3, -0.25) is 4.79 Å². The zero-order valence-electron chi connectivity index (χ0n) is 18.1. The molecule has 0 aromatic heterocycles. The Labute approximate surface area is 184 Å². The van der Waals surface area contributed by atoms with Crippen molar-refractivity contribution < 1.29 is 14.3 Å². The summed E-state index contributed by atoms with van der Waals surface area (Å²) in [4.78, 5) is 12.9. The number of nitrogens with one attached hydrogen (secondary N) is 2. The number of carbonyl (C=O) groups excluding carboxylic acids is 1. The quantitative estimate of drug-likeness (QED) is 0.756. The largest absolute Gasteiger partial charge is 0.497 e. The molecule has 1 amide bonds. The highest BCUT2D eigenvalue weighted by molar-refractivity contribution is 5.94. The molecule has 1 aliphatic heterocycles. The molecule has 3 atom stereocenters. The summed E-state index contributed by atoms with van der Waals surface area (Å²) in [6, 6.07) is 12.4. The lowest BCUT2D eigenvalue weighted by atomic mass is 9.59. The first kappa shape index (κ1) is 22.4. The van der Waals surface area contributed by atoms with Crippen LogP contribution in [-0.4, -0.2) is 32.7 Å². The van der Waals surface area contributed by atoms with Crippen LogP contribution in [0.1, 0.15) is 47.3 Å². The number of amides is 1. The molecule has 0 spiro atoms. The number of ether oxygens (including phenoxy) is 2. The lowest BCUT2D eigenvalue weighted by Crippen LogP contribution is -2.56. The fraction of sp³-hybridized carbons (Fsp3) is 0.458. The SMILES string of the molecule is COc1ccc(CNC(=O)c2ccc3c(c2)[C@]2(C)CCN[C@H](C3)[C@@H]2C)c(OC)c1.Cl. The van der Waals surface area contributed by atoms with E-state index in [4.69, 9.17) is 9.47 Å². The standard InChI is InChI=1S/C24H30N2O3.ClH/c1-15-21-12-16-5-6-17(11-20(16)24(15,2)9-10-25-21)23(27)26-14-18-7-8-19(28-3)13-22(18)29-4;/h5-8,11,13,15,21,25H,9-10,12,14H2,1-4H3,(H,26,27);1H/t15-,21+,24+;/m0./s1. The lowest BCUT2D eigenvalue weighted by molar-refractivity contribution is 0.0950. The molecule has 4 rings (SSSR count). The van der Waals surface area contributed by atoms with E-state index in [9.17, 15) is 4.79 Å². The average molecular weight is 431 g/mol. The first-order valence-corrected chi connectivity index (χ1v) is 10.3. The van der Waals surface area contributed by atoms with Gasteiger partial charge in [-0.25, -0.2) is 0 Å². The van der Waals surface area contributed by atoms with Gasteiger partial charge in [-0.15, -0.1) is 12.4 Å². The summed E-state index contributed by atoms with van der Waals surface area (Å²) in [5.41, 5.74) is 4.48. The van der Waals surface area contributed by atoms with Crippen LogP contribution in [0.25, 0.3) is 0 Å². The van der Waals surface area contributed by atoms with Gasteiger partial charge in [-0.05, 0) is 66.1 Å². The van der Waals surface area contributed by atoms with Gasteiger partial charge in [0.05, 0.1) is 14.2 Å². The van der Waals surface area contributed by atoms with E-state index in [0.29, 0.717) is 24.3 Å². The molecule has 1 fully saturated rings. The second kappa shape index (κ2) is 8.86. The van der Waals surface area contributed by atoms with Crippen LogP contribution in [-0.2, 0) is 18.4 Å². The lowest BCUT2D eigenvalue weighted by Gasteiger charge is -2.50. The summed E-state index contributed by atoms with van der Waals surface area (Å²) in [6.45, 7) is 6.14. The van der Waals surface area contributed by atoms with Crippen molar-refractivity contribution in [2.75, 3.05) is 20.8 Å². The maximum atomic E-state index is 12.9. The third-order valence-electron chi connectivity index (χ3n) is 7.02. The normalized spacial score (nSPS) is 24.3. The Morgan fingerprint density at radius 1 is 1.20 bits per heavy atom. The van der Waals surface area contributed by atoms with Gasteiger partial charge in [0.1, 0.15) is 11.5 Å². The van der Waals surface area contributed by atoms with Crippen molar-refractivity contribution in [3.63, 3.8) is 0 Å². The molecule has 0 radical (unpaired) electrons. The topological polar surface area (TPSA) is 59.6 Å². The van der Waals surface area contributed by atoms with Crippen LogP contribution < -0.4 is 20.1 Å². The molecule has 2 aromatic carbocycles. The predicted molar refractivity (Wildman–Crippen MR) is 121 cm³/mol. The van der Waals surface area contributed by atoms with E-state index in [-0.39, 0.29) is 23.7 Å². The Morgan fingerprint density at radius 2 is 2.00 bits per heavy atom. The van der Waals surface area contributed by atoms with Crippen LogP contribution in [0, 0.1) is 5.92 Å². The van der Waals surface area contributed by atoms with Gasteiger partial charge < -0.3 is 20.1 Å². The molecular weight excluding hydrogens is 400 g/mol. The van der Waals surface area contributed by atoms with Crippen LogP contribution in [0.3, 0.4) is 0 Å². The van der Waals surface area contributed by atoms with E-state index in [1.54, 1.807) is 14.2 Å². The van der Waals surface area contributed by atoms with Crippen molar-refractivity contribution in [2.24, 2.45) is 5.92 Å². The number of hydrogen-bond donors (Lipinski definition) is 2. The summed E-state index contributed by atoms with van der Waals surface area (Å²) < 4.78 is 10.7. The number of halogens is 1. The summed E-state index contributed by atoms with van der Waals surface area (Å²) in [5, 5.41) is 6.70. The van der Waals surface area contributed by atoms with E-state index in [0.717, 1.165) is 36.3 Å². The van der Waals surface area contributed by atoms with Gasteiger partial charge in [0, 0.05) is 29.8 Å². The Kier molecular flexibility index (Phi) is 6.63. The number of hydrogen-bond acceptors (Lipinski definition) is 4. The highest BCUT2D eigenvalue weighted by Gasteiger charge is 2.45. The van der Waals surface area contributed by atoms with Gasteiger partial charge in [0.25, 0.3) is 5.91 Å². The molecule has 1 saturated heterocycles. The minimum atomic E-state index is -0.0574. The molecule has 2 N–H and O–H groups in total. The van der Waals surface area contributed by atoms with Crippen molar-refractivity contribution in [1.29, 1.82) is 0 Å². The van der Waals surface area contributed by atoms with Crippen molar-refractivity contribution in [2.45, 2.75) is 44.7 Å². The maximum Gasteiger partial charge on any atom is 0.251 e. The second-order valence-electron chi connectivity index (χ2n) is 8.45. The molecule has 0 unspecified atom stereocenters. The number of methoxy groups -OCH3 is 2. The fourth-order valence-corrected chi connectivity index (χ4v) is 4.93. The summed E-state index contributed by atoms with van der Waals surface area (Å²) in [7, 11) is 3.25. The monoisotopic (exact) mass is 430 g/mol. The maximum absolute atomic E-state index is 12.9. The molecule has 1 heterocycles. The zero-order valence-corrected chi connectivity index (χ0v) is 18.9. The van der Waals surface area contributed by atoms with Crippen LogP contribution in [0.4, 0.5) is 0 Å². The highest BCUT2D eigenvalue weighted by Crippen LogP contribution is 2.46. The van der Waals surface area contributed by atoms with E-state index in [1.807, 2.05) is 24.3 Å². The molecule has 6 heteroatoms. The fourth-order valence-electron chi connectivity index (χ4n) is 4.93. The first-order chi connectivity index (χ1) is 14.0. The van der Waals surface area contributed by atoms with Crippen molar-refractivity contribution in [3.8, 4) is 11.5 Å². The molecule has 2 aromatic rings. The first-order valence-electron chi connectivity index (χ1n) is 10.3. The number of carbonyl (C=O) groups is 1. The second-order valence-corrected chi connectivity index (χ2v) is 8.45. The van der Waals surface area contributed by atoms with Crippen LogP contribution in [0.5, 0.6) is 11.5 Å². The molecular formula is C24H31ClN2O3. The number of benzene rings is 2. The van der Waals surface area contributed by atoms with Crippen molar-refractivity contribution >= 4 is 18.3 Å². The third kappa shape index (κ3) is 3.88. The molecule has 162 valence electrons. The summed E-state index contributed by atoms with van der Waals surface area (Å²) >= 11 is 0. The van der Waals surface area contributed by atoms with E-state index >= 15 is 0 Å². The molecule has 30 heavy (non-hydrogen) atoms. The van der Waals surface area contributed by atoms with Crippen LogP contribution >= 0.6 is 12.4 Å².